The molecule has 1 saturated carbocycles. The topological polar surface area (TPSA) is 51.4 Å². The Bertz CT molecular complexity index is 368. The molecule has 2 rings (SSSR count). The highest BCUT2D eigenvalue weighted by Crippen LogP contribution is 2.34. The highest BCUT2D eigenvalue weighted by atomic mass is 35.5. The average molecular weight is 242 g/mol. The first-order chi connectivity index (χ1) is 7.72. The van der Waals surface area contributed by atoms with Gasteiger partial charge in [0.2, 0.25) is 0 Å². The number of nitrogen functional groups attached to an aromatic ring is 1. The lowest BCUT2D eigenvalue weighted by Gasteiger charge is -2.24. The van der Waals surface area contributed by atoms with E-state index in [1.807, 2.05) is 0 Å². The number of nitrogens with two attached hydrogens (primary N) is 1. The second kappa shape index (κ2) is 4.89. The van der Waals surface area contributed by atoms with Gasteiger partial charge in [-0.3, -0.25) is 0 Å². The van der Waals surface area contributed by atoms with Gasteiger partial charge in [0.1, 0.15) is 5.82 Å². The minimum absolute atomic E-state index is 0.559. The number of aromatic nitrogens is 1. The van der Waals surface area contributed by atoms with Gasteiger partial charge in [-0.05, 0) is 18.9 Å². The van der Waals surface area contributed by atoms with E-state index < -0.39 is 0 Å². The van der Waals surface area contributed by atoms with Gasteiger partial charge in [-0.15, -0.1) is 0 Å². The lowest BCUT2D eigenvalue weighted by molar-refractivity contribution is 0.204. The number of methoxy groups -OCH3 is 1. The fraction of sp³-hybridized carbons (Fsp3) is 0.545. The Morgan fingerprint density at radius 3 is 2.94 bits per heavy atom. The molecule has 88 valence electrons. The molecule has 0 aromatic carbocycles. The summed E-state index contributed by atoms with van der Waals surface area (Å²) in [5.74, 6) is 0.815. The summed E-state index contributed by atoms with van der Waals surface area (Å²) < 4.78 is 5.10. The molecule has 0 unspecified atom stereocenters. The Kier molecular flexibility index (Phi) is 3.51. The average Bonchev–Trinajstić information content (AvgIpc) is 3.05. The van der Waals surface area contributed by atoms with E-state index in [0.717, 1.165) is 12.4 Å². The first-order valence-electron chi connectivity index (χ1n) is 5.39. The van der Waals surface area contributed by atoms with Crippen molar-refractivity contribution < 1.29 is 4.74 Å². The molecule has 1 aromatic rings. The highest BCUT2D eigenvalue weighted by molar-refractivity contribution is 6.33. The van der Waals surface area contributed by atoms with Crippen LogP contribution in [0.25, 0.3) is 0 Å². The molecule has 16 heavy (non-hydrogen) atoms. The van der Waals surface area contributed by atoms with Crippen molar-refractivity contribution in [2.24, 2.45) is 0 Å². The monoisotopic (exact) mass is 241 g/mol. The van der Waals surface area contributed by atoms with Gasteiger partial charge in [0.05, 0.1) is 23.5 Å². The maximum Gasteiger partial charge on any atom is 0.147 e. The van der Waals surface area contributed by atoms with Gasteiger partial charge in [0, 0.05) is 19.7 Å². The van der Waals surface area contributed by atoms with Crippen LogP contribution in [0.1, 0.15) is 12.8 Å². The summed E-state index contributed by atoms with van der Waals surface area (Å²) in [7, 11) is 1.70. The molecule has 0 bridgehead atoms. The van der Waals surface area contributed by atoms with Crippen molar-refractivity contribution in [1.29, 1.82) is 0 Å². The van der Waals surface area contributed by atoms with E-state index in [9.17, 15) is 0 Å². The normalized spacial score (nSPS) is 15.1. The Hall–Kier alpha value is -1.00. The molecule has 0 spiro atoms. The van der Waals surface area contributed by atoms with E-state index in [0.29, 0.717) is 23.4 Å². The summed E-state index contributed by atoms with van der Waals surface area (Å²) in [5, 5.41) is 0.614. The van der Waals surface area contributed by atoms with Crippen LogP contribution in [-0.4, -0.2) is 31.3 Å². The SMILES string of the molecule is COCCN(c1ncc(N)cc1Cl)C1CC1. The summed E-state index contributed by atoms with van der Waals surface area (Å²) in [6.07, 6.45) is 4.04. The number of ether oxygens (including phenoxy) is 1. The molecule has 0 aliphatic heterocycles. The van der Waals surface area contributed by atoms with E-state index in [1.54, 1.807) is 19.4 Å². The molecule has 2 N–H and O–H groups in total. The lowest BCUT2D eigenvalue weighted by Crippen LogP contribution is -2.30. The molecule has 0 radical (unpaired) electrons. The maximum absolute atomic E-state index is 6.15. The number of hydrogen-bond acceptors (Lipinski definition) is 4. The minimum Gasteiger partial charge on any atom is -0.397 e. The zero-order valence-electron chi connectivity index (χ0n) is 9.32. The quantitative estimate of drug-likeness (QED) is 0.856. The van der Waals surface area contributed by atoms with Crippen LogP contribution in [0, 0.1) is 0 Å². The summed E-state index contributed by atoms with van der Waals surface area (Å²) in [4.78, 5) is 6.51. The second-order valence-corrected chi connectivity index (χ2v) is 4.40. The van der Waals surface area contributed by atoms with Crippen molar-refractivity contribution in [3.63, 3.8) is 0 Å². The van der Waals surface area contributed by atoms with Gasteiger partial charge >= 0.3 is 0 Å². The van der Waals surface area contributed by atoms with Gasteiger partial charge < -0.3 is 15.4 Å². The summed E-state index contributed by atoms with van der Waals surface area (Å²) >= 11 is 6.15. The van der Waals surface area contributed by atoms with Crippen molar-refractivity contribution in [3.8, 4) is 0 Å². The molecular formula is C11H16ClN3O. The van der Waals surface area contributed by atoms with Gasteiger partial charge in [0.25, 0.3) is 0 Å². The van der Waals surface area contributed by atoms with Crippen LogP contribution < -0.4 is 10.6 Å². The first kappa shape index (κ1) is 11.5. The van der Waals surface area contributed by atoms with Crippen molar-refractivity contribution in [2.75, 3.05) is 30.9 Å². The third kappa shape index (κ3) is 2.57. The summed E-state index contributed by atoms with van der Waals surface area (Å²) in [6, 6.07) is 2.30. The maximum atomic E-state index is 6.15. The molecule has 1 heterocycles. The van der Waals surface area contributed by atoms with Gasteiger partial charge in [-0.25, -0.2) is 4.98 Å². The third-order valence-electron chi connectivity index (χ3n) is 2.64. The molecule has 5 heteroatoms. The van der Waals surface area contributed by atoms with E-state index in [-0.39, 0.29) is 0 Å². The smallest absolute Gasteiger partial charge is 0.147 e. The van der Waals surface area contributed by atoms with Crippen molar-refractivity contribution in [1.82, 2.24) is 4.98 Å². The number of anilines is 2. The molecule has 1 aliphatic carbocycles. The van der Waals surface area contributed by atoms with Gasteiger partial charge in [0.15, 0.2) is 0 Å². The van der Waals surface area contributed by atoms with E-state index in [4.69, 9.17) is 22.1 Å². The number of pyridine rings is 1. The number of halogens is 1. The van der Waals surface area contributed by atoms with Crippen molar-refractivity contribution >= 4 is 23.1 Å². The van der Waals surface area contributed by atoms with Gasteiger partial charge in [-0.1, -0.05) is 11.6 Å². The van der Waals surface area contributed by atoms with Crippen LogP contribution in [0.15, 0.2) is 12.3 Å². The van der Waals surface area contributed by atoms with Crippen LogP contribution in [0.5, 0.6) is 0 Å². The standard InChI is InChI=1S/C11H16ClN3O/c1-16-5-4-15(9-2-3-9)11-10(12)6-8(13)7-14-11/h6-7,9H,2-5,13H2,1H3. The Labute approximate surface area is 100 Å². The Morgan fingerprint density at radius 2 is 2.38 bits per heavy atom. The number of nitrogens with zero attached hydrogens (tertiary/aromatic N) is 2. The predicted octanol–water partition coefficient (Wildman–Crippen LogP) is 1.93. The van der Waals surface area contributed by atoms with Crippen molar-refractivity contribution in [2.45, 2.75) is 18.9 Å². The molecule has 4 nitrogen and oxygen atoms in total. The highest BCUT2D eigenvalue weighted by Gasteiger charge is 2.30. The largest absolute Gasteiger partial charge is 0.397 e. The van der Waals surface area contributed by atoms with E-state index in [2.05, 4.69) is 9.88 Å². The van der Waals surface area contributed by atoms with E-state index in [1.165, 1.54) is 12.8 Å². The van der Waals surface area contributed by atoms with Crippen LogP contribution >= 0.6 is 11.6 Å². The molecule has 1 aromatic heterocycles. The number of rotatable bonds is 5. The first-order valence-corrected chi connectivity index (χ1v) is 5.76. The minimum atomic E-state index is 0.559. The fourth-order valence-electron chi connectivity index (χ4n) is 1.69. The van der Waals surface area contributed by atoms with Crippen LogP contribution in [-0.2, 0) is 4.74 Å². The zero-order valence-corrected chi connectivity index (χ0v) is 10.1. The Balaban J connectivity index is 2.17. The molecule has 1 fully saturated rings. The van der Waals surface area contributed by atoms with Crippen molar-refractivity contribution in [3.05, 3.63) is 17.3 Å². The molecule has 0 amide bonds. The third-order valence-corrected chi connectivity index (χ3v) is 2.92. The van der Waals surface area contributed by atoms with Crippen LogP contribution in [0.3, 0.4) is 0 Å². The predicted molar refractivity (Wildman–Crippen MR) is 65.9 cm³/mol. The molecular weight excluding hydrogens is 226 g/mol. The number of hydrogen-bond donors (Lipinski definition) is 1. The lowest BCUT2D eigenvalue weighted by atomic mass is 10.3. The summed E-state index contributed by atoms with van der Waals surface area (Å²) in [6.45, 7) is 1.50. The molecule has 0 atom stereocenters. The van der Waals surface area contributed by atoms with E-state index >= 15 is 0 Å². The summed E-state index contributed by atoms with van der Waals surface area (Å²) in [5.41, 5.74) is 6.22. The second-order valence-electron chi connectivity index (χ2n) is 3.99. The molecule has 0 saturated heterocycles. The fourth-order valence-corrected chi connectivity index (χ4v) is 1.98. The zero-order chi connectivity index (χ0) is 11.5. The van der Waals surface area contributed by atoms with Gasteiger partial charge in [-0.2, -0.15) is 0 Å². The molecule has 1 aliphatic rings. The Morgan fingerprint density at radius 1 is 1.62 bits per heavy atom. The van der Waals surface area contributed by atoms with Crippen LogP contribution in [0.4, 0.5) is 11.5 Å². The van der Waals surface area contributed by atoms with Crippen LogP contribution in [0.2, 0.25) is 5.02 Å².